The van der Waals surface area contributed by atoms with Gasteiger partial charge in [0, 0.05) is 10.8 Å². The highest BCUT2D eigenvalue weighted by Crippen LogP contribution is 2.49. The Morgan fingerprint density at radius 3 is 2.38 bits per heavy atom. The maximum absolute atomic E-state index is 9.49. The van der Waals surface area contributed by atoms with Crippen LogP contribution in [0.5, 0.6) is 0 Å². The molecule has 3 aromatic carbocycles. The topological polar surface area (TPSA) is 86.5 Å². The predicted octanol–water partition coefficient (Wildman–Crippen LogP) is 6.09. The second kappa shape index (κ2) is 6.26. The van der Waals surface area contributed by atoms with Crippen LogP contribution >= 0.6 is 0 Å². The third kappa shape index (κ3) is 2.37. The van der Waals surface area contributed by atoms with E-state index in [-0.39, 0.29) is 22.6 Å². The fourth-order valence-electron chi connectivity index (χ4n) is 4.87. The van der Waals surface area contributed by atoms with E-state index in [1.807, 2.05) is 24.3 Å². The first-order valence-corrected chi connectivity index (χ1v) is 10.3. The van der Waals surface area contributed by atoms with Gasteiger partial charge in [0.05, 0.1) is 5.39 Å². The lowest BCUT2D eigenvalue weighted by atomic mass is 9.81. The first-order valence-electron chi connectivity index (χ1n) is 10.3. The minimum atomic E-state index is -0.0752. The Labute approximate surface area is 184 Å². The summed E-state index contributed by atoms with van der Waals surface area (Å²) in [6.07, 6.45) is 0. The van der Waals surface area contributed by atoms with Gasteiger partial charge in [0.25, 0.3) is 0 Å². The van der Waals surface area contributed by atoms with Gasteiger partial charge in [0.1, 0.15) is 17.7 Å². The fraction of sp³-hybridized carbons (Fsp3) is 0.111. The lowest BCUT2D eigenvalue weighted by Gasteiger charge is -2.22. The third-order valence-electron chi connectivity index (χ3n) is 6.46. The molecule has 0 fully saturated rings. The standard InChI is InChI=1S/C27H16N4O/c1-27(2)20-6-4-3-5-17(20)18-9-7-15(11-21(18)27)16-8-10-19-23(12-16)32-26-25(19)22(13-28)30-24(14-29)31-26/h3-12H,1-2H3. The number of benzene rings is 3. The summed E-state index contributed by atoms with van der Waals surface area (Å²) in [6.45, 7) is 4.53. The number of rotatable bonds is 1. The summed E-state index contributed by atoms with van der Waals surface area (Å²) < 4.78 is 5.93. The van der Waals surface area contributed by atoms with Gasteiger partial charge < -0.3 is 4.42 Å². The Morgan fingerprint density at radius 2 is 1.56 bits per heavy atom. The van der Waals surface area contributed by atoms with E-state index in [1.54, 1.807) is 0 Å². The van der Waals surface area contributed by atoms with Crippen molar-refractivity contribution in [1.82, 2.24) is 9.97 Å². The van der Waals surface area contributed by atoms with E-state index in [4.69, 9.17) is 9.68 Å². The molecule has 0 unspecified atom stereocenters. The molecule has 2 heterocycles. The Morgan fingerprint density at radius 1 is 0.812 bits per heavy atom. The molecule has 0 saturated heterocycles. The van der Waals surface area contributed by atoms with Crippen LogP contribution in [-0.4, -0.2) is 9.97 Å². The Kier molecular flexibility index (Phi) is 3.58. The number of nitrogens with zero attached hydrogens (tertiary/aromatic N) is 4. The van der Waals surface area contributed by atoms with Crippen molar-refractivity contribution in [3.8, 4) is 34.4 Å². The van der Waals surface area contributed by atoms with Gasteiger partial charge in [0.2, 0.25) is 11.5 Å². The minimum absolute atomic E-state index is 0.0730. The second-order valence-corrected chi connectivity index (χ2v) is 8.54. The summed E-state index contributed by atoms with van der Waals surface area (Å²) >= 11 is 0. The highest BCUT2D eigenvalue weighted by atomic mass is 16.3. The molecule has 32 heavy (non-hydrogen) atoms. The molecule has 6 rings (SSSR count). The molecule has 1 aliphatic rings. The van der Waals surface area contributed by atoms with Crippen LogP contribution in [0.3, 0.4) is 0 Å². The lowest BCUT2D eigenvalue weighted by Crippen LogP contribution is -2.14. The van der Waals surface area contributed by atoms with Crippen molar-refractivity contribution in [3.63, 3.8) is 0 Å². The van der Waals surface area contributed by atoms with Crippen LogP contribution in [0.4, 0.5) is 0 Å². The minimum Gasteiger partial charge on any atom is -0.437 e. The van der Waals surface area contributed by atoms with E-state index >= 15 is 0 Å². The average molecular weight is 412 g/mol. The summed E-state index contributed by atoms with van der Waals surface area (Å²) in [4.78, 5) is 8.16. The van der Waals surface area contributed by atoms with Crippen molar-refractivity contribution in [2.24, 2.45) is 0 Å². The smallest absolute Gasteiger partial charge is 0.236 e. The van der Waals surface area contributed by atoms with E-state index in [9.17, 15) is 5.26 Å². The number of hydrogen-bond acceptors (Lipinski definition) is 5. The van der Waals surface area contributed by atoms with Gasteiger partial charge in [-0.25, -0.2) is 4.98 Å². The van der Waals surface area contributed by atoms with Crippen LogP contribution in [0.15, 0.2) is 65.1 Å². The predicted molar refractivity (Wildman–Crippen MR) is 122 cm³/mol. The van der Waals surface area contributed by atoms with Crippen LogP contribution in [0.1, 0.15) is 36.5 Å². The maximum atomic E-state index is 9.49. The van der Waals surface area contributed by atoms with Crippen molar-refractivity contribution < 1.29 is 4.42 Å². The summed E-state index contributed by atoms with van der Waals surface area (Å²) in [7, 11) is 0. The first kappa shape index (κ1) is 18.3. The molecule has 2 aromatic heterocycles. The normalized spacial score (nSPS) is 13.5. The highest BCUT2D eigenvalue weighted by Gasteiger charge is 2.35. The van der Waals surface area contributed by atoms with Crippen molar-refractivity contribution in [2.45, 2.75) is 19.3 Å². The molecule has 0 aliphatic heterocycles. The van der Waals surface area contributed by atoms with Gasteiger partial charge in [-0.3, -0.25) is 0 Å². The number of fused-ring (bicyclic) bond motifs is 6. The molecule has 5 nitrogen and oxygen atoms in total. The monoisotopic (exact) mass is 412 g/mol. The summed E-state index contributed by atoms with van der Waals surface area (Å²) in [6, 6.07) is 25.0. The molecule has 0 atom stereocenters. The molecule has 0 radical (unpaired) electrons. The van der Waals surface area contributed by atoms with Crippen LogP contribution < -0.4 is 0 Å². The molecule has 5 heteroatoms. The van der Waals surface area contributed by atoms with Gasteiger partial charge >= 0.3 is 0 Å². The van der Waals surface area contributed by atoms with E-state index in [1.165, 1.54) is 22.3 Å². The molecule has 0 spiro atoms. The summed E-state index contributed by atoms with van der Waals surface area (Å²) in [5.41, 5.74) is 8.26. The molecule has 5 aromatic rings. The van der Waals surface area contributed by atoms with Crippen LogP contribution in [-0.2, 0) is 5.41 Å². The van der Waals surface area contributed by atoms with Crippen LogP contribution in [0.2, 0.25) is 0 Å². The summed E-state index contributed by atoms with van der Waals surface area (Å²) in [5.74, 6) is -0.0752. The first-order chi connectivity index (χ1) is 15.5. The largest absolute Gasteiger partial charge is 0.437 e. The molecule has 0 bridgehead atoms. The Bertz CT molecular complexity index is 1680. The lowest BCUT2D eigenvalue weighted by molar-refractivity contribution is 0.652. The van der Waals surface area contributed by atoms with E-state index in [0.717, 1.165) is 16.5 Å². The quantitative estimate of drug-likeness (QED) is 0.332. The highest BCUT2D eigenvalue weighted by molar-refractivity contribution is 6.07. The molecule has 1 aliphatic carbocycles. The maximum Gasteiger partial charge on any atom is 0.236 e. The van der Waals surface area contributed by atoms with Crippen LogP contribution in [0, 0.1) is 22.7 Å². The fourth-order valence-corrected chi connectivity index (χ4v) is 4.87. The zero-order valence-corrected chi connectivity index (χ0v) is 17.5. The van der Waals surface area contributed by atoms with Gasteiger partial charge in [-0.05, 0) is 51.6 Å². The Hall–Kier alpha value is -4.48. The zero-order valence-electron chi connectivity index (χ0n) is 17.5. The van der Waals surface area contributed by atoms with Crippen molar-refractivity contribution in [2.75, 3.05) is 0 Å². The molecule has 0 N–H and O–H groups in total. The van der Waals surface area contributed by atoms with Gasteiger partial charge in [-0.2, -0.15) is 15.5 Å². The van der Waals surface area contributed by atoms with Crippen molar-refractivity contribution in [1.29, 1.82) is 10.5 Å². The van der Waals surface area contributed by atoms with Gasteiger partial charge in [0.15, 0.2) is 5.69 Å². The molecule has 150 valence electrons. The number of furan rings is 1. The van der Waals surface area contributed by atoms with E-state index in [0.29, 0.717) is 11.0 Å². The van der Waals surface area contributed by atoms with E-state index in [2.05, 4.69) is 72.3 Å². The molecular formula is C27H16N4O. The molecule has 0 amide bonds. The number of nitriles is 2. The number of hydrogen-bond donors (Lipinski definition) is 0. The molecule has 0 saturated carbocycles. The SMILES string of the molecule is CC1(C)c2ccccc2-c2ccc(-c3ccc4c(c3)oc3nc(C#N)nc(C#N)c34)cc21. The van der Waals surface area contributed by atoms with Crippen molar-refractivity contribution >= 4 is 22.1 Å². The third-order valence-corrected chi connectivity index (χ3v) is 6.46. The molecular weight excluding hydrogens is 396 g/mol. The summed E-state index contributed by atoms with van der Waals surface area (Å²) in [5, 5.41) is 19.9. The van der Waals surface area contributed by atoms with Gasteiger partial charge in [-0.1, -0.05) is 56.3 Å². The van der Waals surface area contributed by atoms with Gasteiger partial charge in [-0.15, -0.1) is 0 Å². The zero-order chi connectivity index (χ0) is 22.0. The van der Waals surface area contributed by atoms with E-state index < -0.39 is 0 Å². The average Bonchev–Trinajstić information content (AvgIpc) is 3.30. The van der Waals surface area contributed by atoms with Crippen LogP contribution in [0.25, 0.3) is 44.3 Å². The second-order valence-electron chi connectivity index (χ2n) is 8.54. The Balaban J connectivity index is 1.53. The van der Waals surface area contributed by atoms with Crippen molar-refractivity contribution in [3.05, 3.63) is 83.3 Å². The number of aromatic nitrogens is 2.